The molecule has 0 spiro atoms. The maximum atomic E-state index is 12.8. The van der Waals surface area contributed by atoms with Crippen LogP contribution in [0.2, 0.25) is 0 Å². The Labute approximate surface area is 192 Å². The minimum Gasteiger partial charge on any atom is -0.508 e. The van der Waals surface area contributed by atoms with Crippen molar-refractivity contribution in [3.05, 3.63) is 29.8 Å². The van der Waals surface area contributed by atoms with E-state index in [0.717, 1.165) is 0 Å². The number of carboxylic acids is 1. The standard InChI is InChI=1S/C21H35N7O5/c22-10-2-1-5-16(27-18(30)15(23)4-3-11-26-21(24)25)19(31)28-17(20(32)33)12-13-6-8-14(29)9-7-13/h6-9,15-17,29H,1-5,10-12,22-23H2,(H,27,30)(H,28,31)(H,32,33)(H4,24,25,26)/t15-,16-,17-/m0/s1. The Hall–Kier alpha value is -3.38. The van der Waals surface area contributed by atoms with Gasteiger partial charge in [0, 0.05) is 13.0 Å². The number of nitrogens with zero attached hydrogens (tertiary/aromatic N) is 1. The second-order valence-corrected chi connectivity index (χ2v) is 7.67. The Morgan fingerprint density at radius 2 is 1.58 bits per heavy atom. The molecule has 0 bridgehead atoms. The SMILES string of the molecule is NCCCC[C@H](NC(=O)[C@@H](N)CCCN=C(N)N)C(=O)N[C@@H](Cc1ccc(O)cc1)C(=O)O. The van der Waals surface area contributed by atoms with Crippen LogP contribution in [-0.2, 0) is 20.8 Å². The minimum absolute atomic E-state index is 0.00905. The molecule has 2 amide bonds. The van der Waals surface area contributed by atoms with E-state index in [1.807, 2.05) is 0 Å². The van der Waals surface area contributed by atoms with Gasteiger partial charge in [-0.2, -0.15) is 0 Å². The number of guanidine groups is 1. The number of aliphatic carboxylic acids is 1. The number of unbranched alkanes of at least 4 members (excludes halogenated alkanes) is 1. The third-order valence-electron chi connectivity index (χ3n) is 4.88. The number of aromatic hydroxyl groups is 1. The summed E-state index contributed by atoms with van der Waals surface area (Å²) in [6, 6.07) is 2.94. The Balaban J connectivity index is 2.78. The number of amides is 2. The number of hydrogen-bond acceptors (Lipinski definition) is 7. The van der Waals surface area contributed by atoms with Gasteiger partial charge in [-0.15, -0.1) is 0 Å². The maximum absolute atomic E-state index is 12.8. The molecule has 12 N–H and O–H groups in total. The van der Waals surface area contributed by atoms with Crippen LogP contribution in [0.3, 0.4) is 0 Å². The average molecular weight is 466 g/mol. The fraction of sp³-hybridized carbons (Fsp3) is 0.524. The zero-order chi connectivity index (χ0) is 24.8. The monoisotopic (exact) mass is 465 g/mol. The summed E-state index contributed by atoms with van der Waals surface area (Å²) in [5.41, 5.74) is 22.6. The number of hydrogen-bond donors (Lipinski definition) is 8. The van der Waals surface area contributed by atoms with Crippen LogP contribution in [0.15, 0.2) is 29.3 Å². The molecule has 1 aromatic carbocycles. The molecule has 1 rings (SSSR count). The van der Waals surface area contributed by atoms with Crippen LogP contribution in [0.25, 0.3) is 0 Å². The summed E-state index contributed by atoms with van der Waals surface area (Å²) in [5.74, 6) is -2.38. The van der Waals surface area contributed by atoms with E-state index in [9.17, 15) is 24.6 Å². The number of carboxylic acid groups (broad SMARTS) is 1. The molecule has 1 aromatic rings. The van der Waals surface area contributed by atoms with Gasteiger partial charge in [0.2, 0.25) is 11.8 Å². The lowest BCUT2D eigenvalue weighted by Gasteiger charge is -2.23. The van der Waals surface area contributed by atoms with Crippen molar-refractivity contribution < 1.29 is 24.6 Å². The van der Waals surface area contributed by atoms with Crippen molar-refractivity contribution in [3.63, 3.8) is 0 Å². The van der Waals surface area contributed by atoms with Crippen molar-refractivity contribution in [2.75, 3.05) is 13.1 Å². The fourth-order valence-electron chi connectivity index (χ4n) is 3.03. The summed E-state index contributed by atoms with van der Waals surface area (Å²) < 4.78 is 0. The van der Waals surface area contributed by atoms with Crippen LogP contribution in [0.1, 0.15) is 37.7 Å². The van der Waals surface area contributed by atoms with Crippen LogP contribution in [0, 0.1) is 0 Å². The predicted molar refractivity (Wildman–Crippen MR) is 124 cm³/mol. The highest BCUT2D eigenvalue weighted by molar-refractivity contribution is 5.91. The molecular formula is C21H35N7O5. The van der Waals surface area contributed by atoms with Gasteiger partial charge in [-0.3, -0.25) is 14.6 Å². The molecule has 0 aliphatic heterocycles. The van der Waals surface area contributed by atoms with Gasteiger partial charge in [0.15, 0.2) is 5.96 Å². The van der Waals surface area contributed by atoms with Crippen molar-refractivity contribution >= 4 is 23.7 Å². The molecule has 184 valence electrons. The molecule has 12 nitrogen and oxygen atoms in total. The summed E-state index contributed by atoms with van der Waals surface area (Å²) in [4.78, 5) is 40.9. The zero-order valence-corrected chi connectivity index (χ0v) is 18.6. The molecule has 12 heteroatoms. The molecule has 0 unspecified atom stereocenters. The number of nitrogens with one attached hydrogen (secondary N) is 2. The molecule has 3 atom stereocenters. The highest BCUT2D eigenvalue weighted by atomic mass is 16.4. The van der Waals surface area contributed by atoms with Gasteiger partial charge in [0.05, 0.1) is 6.04 Å². The van der Waals surface area contributed by atoms with E-state index in [0.29, 0.717) is 44.3 Å². The molecular weight excluding hydrogens is 430 g/mol. The number of benzene rings is 1. The number of aliphatic imine (C=N–C) groups is 1. The molecule has 0 aromatic heterocycles. The molecule has 0 aliphatic carbocycles. The zero-order valence-electron chi connectivity index (χ0n) is 18.6. The maximum Gasteiger partial charge on any atom is 0.326 e. The Morgan fingerprint density at radius 3 is 2.15 bits per heavy atom. The van der Waals surface area contributed by atoms with Crippen LogP contribution in [0.5, 0.6) is 5.75 Å². The molecule has 33 heavy (non-hydrogen) atoms. The van der Waals surface area contributed by atoms with Crippen molar-refractivity contribution in [1.29, 1.82) is 0 Å². The Morgan fingerprint density at radius 1 is 0.939 bits per heavy atom. The second-order valence-electron chi connectivity index (χ2n) is 7.67. The van der Waals surface area contributed by atoms with Gasteiger partial charge >= 0.3 is 5.97 Å². The number of carbonyl (C=O) groups excluding carboxylic acids is 2. The van der Waals surface area contributed by atoms with Crippen molar-refractivity contribution in [3.8, 4) is 5.75 Å². The normalized spacial score (nSPS) is 13.4. The topological polar surface area (TPSA) is 232 Å². The smallest absolute Gasteiger partial charge is 0.326 e. The van der Waals surface area contributed by atoms with Crippen LogP contribution in [0.4, 0.5) is 0 Å². The van der Waals surface area contributed by atoms with Crippen molar-refractivity contribution in [2.24, 2.45) is 27.9 Å². The molecule has 0 fully saturated rings. The van der Waals surface area contributed by atoms with Gasteiger partial charge in [0.25, 0.3) is 0 Å². The fourth-order valence-corrected chi connectivity index (χ4v) is 3.03. The largest absolute Gasteiger partial charge is 0.508 e. The van der Waals surface area contributed by atoms with Gasteiger partial charge in [-0.25, -0.2) is 4.79 Å². The lowest BCUT2D eigenvalue weighted by molar-refractivity contribution is -0.142. The summed E-state index contributed by atoms with van der Waals surface area (Å²) >= 11 is 0. The van der Waals surface area contributed by atoms with Crippen LogP contribution in [-0.4, -0.2) is 65.2 Å². The van der Waals surface area contributed by atoms with E-state index in [2.05, 4.69) is 15.6 Å². The van der Waals surface area contributed by atoms with Crippen LogP contribution < -0.4 is 33.6 Å². The molecule has 0 heterocycles. The number of phenolic OH excluding ortho intramolecular Hbond substituents is 1. The average Bonchev–Trinajstić information content (AvgIpc) is 2.76. The number of nitrogens with two attached hydrogens (primary N) is 4. The van der Waals surface area contributed by atoms with Gasteiger partial charge in [0.1, 0.15) is 17.8 Å². The third-order valence-corrected chi connectivity index (χ3v) is 4.88. The number of rotatable bonds is 15. The number of carbonyl (C=O) groups is 3. The molecule has 0 aliphatic rings. The van der Waals surface area contributed by atoms with E-state index in [4.69, 9.17) is 22.9 Å². The molecule has 0 saturated heterocycles. The van der Waals surface area contributed by atoms with Crippen molar-refractivity contribution in [1.82, 2.24) is 10.6 Å². The van der Waals surface area contributed by atoms with Gasteiger partial charge in [-0.05, 0) is 56.3 Å². The van der Waals surface area contributed by atoms with Gasteiger partial charge in [-0.1, -0.05) is 12.1 Å². The third kappa shape index (κ3) is 11.2. The molecule has 0 saturated carbocycles. The molecule has 0 radical (unpaired) electrons. The Kier molecular flexibility index (Phi) is 12.3. The van der Waals surface area contributed by atoms with Crippen LogP contribution >= 0.6 is 0 Å². The van der Waals surface area contributed by atoms with Gasteiger partial charge < -0.3 is 43.8 Å². The first-order valence-corrected chi connectivity index (χ1v) is 10.8. The summed E-state index contributed by atoms with van der Waals surface area (Å²) in [5, 5.41) is 24.0. The van der Waals surface area contributed by atoms with E-state index in [-0.39, 0.29) is 24.6 Å². The predicted octanol–water partition coefficient (Wildman–Crippen LogP) is -1.50. The first kappa shape index (κ1) is 27.7. The van der Waals surface area contributed by atoms with E-state index < -0.39 is 35.9 Å². The Bertz CT molecular complexity index is 797. The highest BCUT2D eigenvalue weighted by Gasteiger charge is 2.27. The van der Waals surface area contributed by atoms with E-state index >= 15 is 0 Å². The first-order valence-electron chi connectivity index (χ1n) is 10.8. The minimum atomic E-state index is -1.22. The van der Waals surface area contributed by atoms with E-state index in [1.165, 1.54) is 12.1 Å². The highest BCUT2D eigenvalue weighted by Crippen LogP contribution is 2.12. The summed E-state index contributed by atoms with van der Waals surface area (Å²) in [6.07, 6.45) is 2.27. The second kappa shape index (κ2) is 14.6. The quantitative estimate of drug-likeness (QED) is 0.0853. The van der Waals surface area contributed by atoms with E-state index in [1.54, 1.807) is 12.1 Å². The summed E-state index contributed by atoms with van der Waals surface area (Å²) in [7, 11) is 0. The number of phenols is 1. The first-order chi connectivity index (χ1) is 15.6. The lowest BCUT2D eigenvalue weighted by atomic mass is 10.0. The summed E-state index contributed by atoms with van der Waals surface area (Å²) in [6.45, 7) is 0.743. The van der Waals surface area contributed by atoms with Crippen molar-refractivity contribution in [2.45, 2.75) is 56.7 Å². The lowest BCUT2D eigenvalue weighted by Crippen LogP contribution is -2.54.